The summed E-state index contributed by atoms with van der Waals surface area (Å²) in [4.78, 5) is 34.8. The van der Waals surface area contributed by atoms with E-state index in [9.17, 15) is 14.4 Å². The number of nitrogens with one attached hydrogen (secondary N) is 2. The van der Waals surface area contributed by atoms with Crippen molar-refractivity contribution in [3.8, 4) is 0 Å². The Morgan fingerprint density at radius 3 is 2.30 bits per heavy atom. The molecule has 0 heterocycles. The summed E-state index contributed by atoms with van der Waals surface area (Å²) >= 11 is 0. The molecule has 0 spiro atoms. The lowest BCUT2D eigenvalue weighted by molar-refractivity contribution is -0.144. The highest BCUT2D eigenvalue weighted by Gasteiger charge is 2.10. The molecule has 0 aliphatic carbocycles. The number of carbonyl (C=O) groups is 3. The van der Waals surface area contributed by atoms with Gasteiger partial charge in [0.1, 0.15) is 0 Å². The first-order valence-corrected chi connectivity index (χ1v) is 7.82. The minimum Gasteiger partial charge on any atom is -0.466 e. The molecule has 2 N–H and O–H groups in total. The van der Waals surface area contributed by atoms with E-state index in [2.05, 4.69) is 10.6 Å². The molecule has 2 amide bonds. The van der Waals surface area contributed by atoms with Gasteiger partial charge in [0.15, 0.2) is 0 Å². The maximum Gasteiger partial charge on any atom is 0.306 e. The summed E-state index contributed by atoms with van der Waals surface area (Å²) in [5.74, 6) is -0.797. The molecular weight excluding hydrogens is 296 g/mol. The van der Waals surface area contributed by atoms with Gasteiger partial charge >= 0.3 is 5.97 Å². The number of hydrogen-bond acceptors (Lipinski definition) is 4. The number of ether oxygens (including phenoxy) is 1. The number of benzene rings is 1. The van der Waals surface area contributed by atoms with Gasteiger partial charge in [-0.05, 0) is 44.5 Å². The zero-order valence-electron chi connectivity index (χ0n) is 13.8. The van der Waals surface area contributed by atoms with E-state index in [1.54, 1.807) is 31.2 Å². The fourth-order valence-corrected chi connectivity index (χ4v) is 1.79. The van der Waals surface area contributed by atoms with Crippen molar-refractivity contribution in [2.45, 2.75) is 46.1 Å². The molecule has 23 heavy (non-hydrogen) atoms. The highest BCUT2D eigenvalue weighted by molar-refractivity contribution is 5.96. The zero-order chi connectivity index (χ0) is 17.2. The van der Waals surface area contributed by atoms with Crippen LogP contribution in [0.3, 0.4) is 0 Å². The summed E-state index contributed by atoms with van der Waals surface area (Å²) in [7, 11) is 0. The predicted octanol–water partition coefficient (Wildman–Crippen LogP) is 2.50. The maximum atomic E-state index is 11.9. The van der Waals surface area contributed by atoms with Crippen LogP contribution in [0.15, 0.2) is 24.3 Å². The summed E-state index contributed by atoms with van der Waals surface area (Å²) in [5.41, 5.74) is 1.12. The molecule has 1 unspecified atom stereocenters. The van der Waals surface area contributed by atoms with Gasteiger partial charge in [-0.15, -0.1) is 0 Å². The van der Waals surface area contributed by atoms with Crippen LogP contribution in [0.5, 0.6) is 0 Å². The largest absolute Gasteiger partial charge is 0.466 e. The third kappa shape index (κ3) is 6.95. The fraction of sp³-hybridized carbons (Fsp3) is 0.471. The number of amides is 2. The first kappa shape index (κ1) is 18.7. The Hall–Kier alpha value is -2.37. The molecule has 1 rings (SSSR count). The first-order chi connectivity index (χ1) is 11.0. The maximum absolute atomic E-state index is 11.9. The Labute approximate surface area is 136 Å². The average molecular weight is 320 g/mol. The van der Waals surface area contributed by atoms with E-state index in [0.717, 1.165) is 6.42 Å². The third-order valence-corrected chi connectivity index (χ3v) is 3.28. The van der Waals surface area contributed by atoms with Crippen molar-refractivity contribution in [2.24, 2.45) is 0 Å². The zero-order valence-corrected chi connectivity index (χ0v) is 13.8. The highest BCUT2D eigenvalue weighted by atomic mass is 16.5. The SMILES string of the molecule is CCOC(=O)CCC(=O)Nc1ccc(C(=O)NC(C)CC)cc1. The molecule has 0 bridgehead atoms. The van der Waals surface area contributed by atoms with E-state index >= 15 is 0 Å². The fourth-order valence-electron chi connectivity index (χ4n) is 1.79. The number of carbonyl (C=O) groups excluding carboxylic acids is 3. The molecule has 1 aromatic rings. The van der Waals surface area contributed by atoms with Crippen molar-refractivity contribution in [1.29, 1.82) is 0 Å². The number of esters is 1. The van der Waals surface area contributed by atoms with Crippen LogP contribution >= 0.6 is 0 Å². The second-order valence-corrected chi connectivity index (χ2v) is 5.21. The van der Waals surface area contributed by atoms with Crippen LogP contribution in [0.2, 0.25) is 0 Å². The number of rotatable bonds is 8. The lowest BCUT2D eigenvalue weighted by Gasteiger charge is -2.11. The van der Waals surface area contributed by atoms with E-state index < -0.39 is 0 Å². The van der Waals surface area contributed by atoms with Gasteiger partial charge < -0.3 is 15.4 Å². The Bertz CT molecular complexity index is 540. The molecular formula is C17H24N2O4. The normalized spacial score (nSPS) is 11.4. The van der Waals surface area contributed by atoms with Gasteiger partial charge in [0, 0.05) is 23.7 Å². The molecule has 0 aromatic heterocycles. The van der Waals surface area contributed by atoms with E-state index in [0.29, 0.717) is 17.9 Å². The van der Waals surface area contributed by atoms with Crippen molar-refractivity contribution in [3.05, 3.63) is 29.8 Å². The Morgan fingerprint density at radius 2 is 1.74 bits per heavy atom. The quantitative estimate of drug-likeness (QED) is 0.721. The van der Waals surface area contributed by atoms with Gasteiger partial charge in [-0.25, -0.2) is 0 Å². The molecule has 0 radical (unpaired) electrons. The van der Waals surface area contributed by atoms with E-state index in [1.165, 1.54) is 0 Å². The molecule has 6 heteroatoms. The summed E-state index contributed by atoms with van der Waals surface area (Å²) in [6, 6.07) is 6.74. The molecule has 0 fully saturated rings. The van der Waals surface area contributed by atoms with Gasteiger partial charge in [-0.3, -0.25) is 14.4 Å². The van der Waals surface area contributed by atoms with Crippen molar-refractivity contribution < 1.29 is 19.1 Å². The molecule has 1 atom stereocenters. The van der Waals surface area contributed by atoms with Crippen LogP contribution in [-0.4, -0.2) is 30.4 Å². The van der Waals surface area contributed by atoms with Crippen LogP contribution in [-0.2, 0) is 14.3 Å². The van der Waals surface area contributed by atoms with Crippen LogP contribution in [0.4, 0.5) is 5.69 Å². The predicted molar refractivity (Wildman–Crippen MR) is 88.2 cm³/mol. The summed E-state index contributed by atoms with van der Waals surface area (Å²) in [6.45, 7) is 5.97. The number of hydrogen-bond donors (Lipinski definition) is 2. The molecule has 0 aliphatic rings. The Morgan fingerprint density at radius 1 is 1.09 bits per heavy atom. The average Bonchev–Trinajstić information content (AvgIpc) is 2.53. The van der Waals surface area contributed by atoms with E-state index in [1.807, 2.05) is 13.8 Å². The van der Waals surface area contributed by atoms with Crippen LogP contribution < -0.4 is 10.6 Å². The summed E-state index contributed by atoms with van der Waals surface area (Å²) < 4.78 is 4.76. The Balaban J connectivity index is 2.49. The molecule has 0 saturated heterocycles. The van der Waals surface area contributed by atoms with Crippen LogP contribution in [0.1, 0.15) is 50.4 Å². The van der Waals surface area contributed by atoms with Gasteiger partial charge in [0.05, 0.1) is 13.0 Å². The molecule has 6 nitrogen and oxygen atoms in total. The smallest absolute Gasteiger partial charge is 0.306 e. The van der Waals surface area contributed by atoms with Gasteiger partial charge in [0.25, 0.3) is 5.91 Å². The summed E-state index contributed by atoms with van der Waals surface area (Å²) in [6.07, 6.45) is 0.977. The van der Waals surface area contributed by atoms with Gasteiger partial charge in [-0.2, -0.15) is 0 Å². The minimum absolute atomic E-state index is 0.0507. The van der Waals surface area contributed by atoms with E-state index in [4.69, 9.17) is 4.74 Å². The van der Waals surface area contributed by atoms with Crippen molar-refractivity contribution in [2.75, 3.05) is 11.9 Å². The topological polar surface area (TPSA) is 84.5 Å². The summed E-state index contributed by atoms with van der Waals surface area (Å²) in [5, 5.41) is 5.55. The Kier molecular flexibility index (Phi) is 7.80. The molecule has 126 valence electrons. The van der Waals surface area contributed by atoms with Crippen LogP contribution in [0.25, 0.3) is 0 Å². The second-order valence-electron chi connectivity index (χ2n) is 5.21. The van der Waals surface area contributed by atoms with Crippen molar-refractivity contribution >= 4 is 23.5 Å². The lowest BCUT2D eigenvalue weighted by atomic mass is 10.1. The molecule has 1 aromatic carbocycles. The molecule has 0 saturated carbocycles. The van der Waals surface area contributed by atoms with Crippen molar-refractivity contribution in [1.82, 2.24) is 5.32 Å². The minimum atomic E-state index is -0.389. The number of anilines is 1. The third-order valence-electron chi connectivity index (χ3n) is 3.28. The van der Waals surface area contributed by atoms with Crippen molar-refractivity contribution in [3.63, 3.8) is 0 Å². The monoisotopic (exact) mass is 320 g/mol. The van der Waals surface area contributed by atoms with E-state index in [-0.39, 0.29) is 36.7 Å². The lowest BCUT2D eigenvalue weighted by Crippen LogP contribution is -2.31. The van der Waals surface area contributed by atoms with Gasteiger partial charge in [0.2, 0.25) is 5.91 Å². The first-order valence-electron chi connectivity index (χ1n) is 7.82. The highest BCUT2D eigenvalue weighted by Crippen LogP contribution is 2.11. The second kappa shape index (κ2) is 9.61. The standard InChI is InChI=1S/C17H24N2O4/c1-4-12(3)18-17(22)13-6-8-14(9-7-13)19-15(20)10-11-16(21)23-5-2/h6-9,12H,4-5,10-11H2,1-3H3,(H,18,22)(H,19,20). The van der Waals surface area contributed by atoms with Gasteiger partial charge in [-0.1, -0.05) is 6.92 Å². The molecule has 0 aliphatic heterocycles. The van der Waals surface area contributed by atoms with Crippen LogP contribution in [0, 0.1) is 0 Å².